The lowest BCUT2D eigenvalue weighted by atomic mass is 9.94. The predicted octanol–water partition coefficient (Wildman–Crippen LogP) is 0.858. The number of aromatic nitrogens is 2. The molecule has 2 aromatic rings. The van der Waals surface area contributed by atoms with E-state index in [2.05, 4.69) is 20.6 Å². The second-order valence-corrected chi connectivity index (χ2v) is 6.61. The first-order valence-corrected chi connectivity index (χ1v) is 7.99. The molecule has 8 heteroatoms. The Morgan fingerprint density at radius 1 is 1.05 bits per heavy atom. The summed E-state index contributed by atoms with van der Waals surface area (Å²) in [7, 11) is 0. The Kier molecular flexibility index (Phi) is 2.93. The fourth-order valence-corrected chi connectivity index (χ4v) is 4.39. The molecule has 1 aliphatic heterocycles. The fraction of sp³-hybridized carbons (Fsp3) is 0.357. The van der Waals surface area contributed by atoms with Crippen LogP contribution in [0, 0.1) is 0 Å². The molecule has 4 rings (SSSR count). The smallest absolute Gasteiger partial charge is 0.326 e. The number of aryl methyl sites for hydroxylation is 1. The number of H-pyrrole nitrogens is 2. The summed E-state index contributed by atoms with van der Waals surface area (Å²) in [4.78, 5) is 41.2. The highest BCUT2D eigenvalue weighted by molar-refractivity contribution is 7.16. The van der Waals surface area contributed by atoms with Gasteiger partial charge in [0.1, 0.15) is 11.2 Å². The molecule has 1 atom stereocenters. The number of carbonyl (C=O) groups is 1. The maximum Gasteiger partial charge on any atom is 0.326 e. The number of nitrogens with one attached hydrogen (secondary N) is 4. The highest BCUT2D eigenvalue weighted by Gasteiger charge is 2.32. The second kappa shape index (κ2) is 4.84. The number of anilines is 1. The Labute approximate surface area is 128 Å². The van der Waals surface area contributed by atoms with Crippen molar-refractivity contribution in [2.75, 3.05) is 5.32 Å². The molecule has 3 heterocycles. The van der Waals surface area contributed by atoms with Crippen molar-refractivity contribution in [3.8, 4) is 0 Å². The fourth-order valence-electron chi connectivity index (χ4n) is 3.08. The Hall–Kier alpha value is -2.35. The number of rotatable bonds is 1. The van der Waals surface area contributed by atoms with Crippen LogP contribution in [0.15, 0.2) is 15.7 Å². The van der Waals surface area contributed by atoms with E-state index in [0.717, 1.165) is 41.8 Å². The molecule has 4 N–H and O–H groups in total. The van der Waals surface area contributed by atoms with E-state index in [-0.39, 0.29) is 5.91 Å². The van der Waals surface area contributed by atoms with Crippen LogP contribution in [0.3, 0.4) is 0 Å². The van der Waals surface area contributed by atoms with Crippen LogP contribution in [0.2, 0.25) is 0 Å². The zero-order valence-corrected chi connectivity index (χ0v) is 12.4. The molecule has 1 aliphatic carbocycles. The van der Waals surface area contributed by atoms with E-state index in [4.69, 9.17) is 0 Å². The van der Waals surface area contributed by atoms with Gasteiger partial charge in [-0.3, -0.25) is 14.6 Å². The summed E-state index contributed by atoms with van der Waals surface area (Å²) < 4.78 is 0. The van der Waals surface area contributed by atoms with Crippen LogP contribution in [-0.2, 0) is 12.8 Å². The Balaban J connectivity index is 1.76. The van der Waals surface area contributed by atoms with Gasteiger partial charge in [0.05, 0.1) is 11.3 Å². The molecule has 0 fully saturated rings. The highest BCUT2D eigenvalue weighted by Crippen LogP contribution is 2.41. The summed E-state index contributed by atoms with van der Waals surface area (Å²) >= 11 is 1.60. The van der Waals surface area contributed by atoms with E-state index in [0.29, 0.717) is 5.69 Å². The van der Waals surface area contributed by atoms with Crippen LogP contribution >= 0.6 is 11.3 Å². The Bertz CT molecular complexity index is 851. The van der Waals surface area contributed by atoms with Gasteiger partial charge >= 0.3 is 5.69 Å². The second-order valence-electron chi connectivity index (χ2n) is 5.51. The van der Waals surface area contributed by atoms with Gasteiger partial charge in [-0.25, -0.2) is 4.79 Å². The zero-order valence-electron chi connectivity index (χ0n) is 11.6. The number of hydrogen-bond donors (Lipinski definition) is 4. The molecule has 114 valence electrons. The van der Waals surface area contributed by atoms with E-state index in [9.17, 15) is 14.4 Å². The number of hydrogen-bond acceptors (Lipinski definition) is 5. The van der Waals surface area contributed by atoms with Gasteiger partial charge < -0.3 is 15.6 Å². The van der Waals surface area contributed by atoms with E-state index in [1.807, 2.05) is 0 Å². The van der Waals surface area contributed by atoms with E-state index >= 15 is 0 Å². The van der Waals surface area contributed by atoms with E-state index in [1.54, 1.807) is 11.3 Å². The van der Waals surface area contributed by atoms with Gasteiger partial charge in [-0.05, 0) is 31.2 Å². The lowest BCUT2D eigenvalue weighted by Gasteiger charge is -2.26. The number of carbonyl (C=O) groups excluding carboxylic acids is 1. The first kappa shape index (κ1) is 13.3. The first-order valence-electron chi connectivity index (χ1n) is 7.17. The molecule has 7 nitrogen and oxygen atoms in total. The summed E-state index contributed by atoms with van der Waals surface area (Å²) in [5.41, 5.74) is 1.14. The number of amides is 1. The Morgan fingerprint density at radius 3 is 2.68 bits per heavy atom. The quantitative estimate of drug-likeness (QED) is 0.625. The van der Waals surface area contributed by atoms with Gasteiger partial charge in [-0.2, -0.15) is 0 Å². The normalized spacial score (nSPS) is 19.8. The topological polar surface area (TPSA) is 107 Å². The molecule has 0 saturated heterocycles. The van der Waals surface area contributed by atoms with Gasteiger partial charge in [0.2, 0.25) is 0 Å². The summed E-state index contributed by atoms with van der Waals surface area (Å²) in [5, 5.41) is 6.85. The molecule has 0 bridgehead atoms. The Morgan fingerprint density at radius 2 is 1.86 bits per heavy atom. The molecule has 0 aromatic carbocycles. The first-order chi connectivity index (χ1) is 10.6. The van der Waals surface area contributed by atoms with Gasteiger partial charge in [0.25, 0.3) is 11.5 Å². The maximum atomic E-state index is 12.4. The van der Waals surface area contributed by atoms with Crippen LogP contribution in [0.1, 0.15) is 45.5 Å². The predicted molar refractivity (Wildman–Crippen MR) is 82.5 cm³/mol. The van der Waals surface area contributed by atoms with E-state index in [1.165, 1.54) is 10.9 Å². The van der Waals surface area contributed by atoms with Crippen LogP contribution in [0.5, 0.6) is 0 Å². The van der Waals surface area contributed by atoms with Crippen LogP contribution in [-0.4, -0.2) is 15.9 Å². The summed E-state index contributed by atoms with van der Waals surface area (Å²) in [6.07, 6.45) is 3.60. The molecule has 0 saturated carbocycles. The van der Waals surface area contributed by atoms with Gasteiger partial charge in [-0.1, -0.05) is 0 Å². The van der Waals surface area contributed by atoms with Gasteiger partial charge in [0.15, 0.2) is 0 Å². The van der Waals surface area contributed by atoms with Crippen molar-refractivity contribution in [3.63, 3.8) is 0 Å². The van der Waals surface area contributed by atoms with Crippen molar-refractivity contribution >= 4 is 22.2 Å². The molecule has 0 spiro atoms. The van der Waals surface area contributed by atoms with Crippen LogP contribution < -0.4 is 21.9 Å². The lowest BCUT2D eigenvalue weighted by molar-refractivity contribution is 0.0934. The number of thiophene rings is 1. The van der Waals surface area contributed by atoms with Crippen molar-refractivity contribution in [2.45, 2.75) is 31.8 Å². The minimum Gasteiger partial charge on any atom is -0.351 e. The monoisotopic (exact) mass is 318 g/mol. The molecule has 0 radical (unpaired) electrons. The minimum atomic E-state index is -0.602. The van der Waals surface area contributed by atoms with Crippen LogP contribution in [0.4, 0.5) is 5.00 Å². The molecular formula is C14H14N4O3S. The highest BCUT2D eigenvalue weighted by atomic mass is 32.1. The van der Waals surface area contributed by atoms with Crippen molar-refractivity contribution in [1.29, 1.82) is 0 Å². The summed E-state index contributed by atoms with van der Waals surface area (Å²) in [5.74, 6) is -0.153. The zero-order chi connectivity index (χ0) is 15.3. The average molecular weight is 318 g/mol. The van der Waals surface area contributed by atoms with Crippen LogP contribution in [0.25, 0.3) is 0 Å². The SMILES string of the molecule is O=C1N[C@@H](c2cc(=O)[nH]c(=O)[nH]2)Nc2sc3c(c21)CCCC3. The van der Waals surface area contributed by atoms with Crippen molar-refractivity contribution < 1.29 is 4.79 Å². The third-order valence-corrected chi connectivity index (χ3v) is 5.26. The van der Waals surface area contributed by atoms with Crippen molar-refractivity contribution in [1.82, 2.24) is 15.3 Å². The largest absolute Gasteiger partial charge is 0.351 e. The summed E-state index contributed by atoms with van der Waals surface area (Å²) in [6, 6.07) is 1.28. The van der Waals surface area contributed by atoms with Gasteiger partial charge in [-0.15, -0.1) is 11.3 Å². The lowest BCUT2D eigenvalue weighted by Crippen LogP contribution is -2.40. The molecule has 0 unspecified atom stereocenters. The molecule has 1 amide bonds. The van der Waals surface area contributed by atoms with Crippen molar-refractivity contribution in [3.05, 3.63) is 48.6 Å². The maximum absolute atomic E-state index is 12.4. The molecule has 2 aromatic heterocycles. The standard InChI is InChI=1S/C14H14N4O3S/c19-9-5-7(15-14(21)16-9)11-17-12(20)10-6-3-1-2-4-8(6)22-13(10)18-11/h5,11,18H,1-4H2,(H,17,20)(H2,15,16,19,21)/t11-/m1/s1. The molecule has 22 heavy (non-hydrogen) atoms. The van der Waals surface area contributed by atoms with Crippen molar-refractivity contribution in [2.24, 2.45) is 0 Å². The average Bonchev–Trinajstić information content (AvgIpc) is 2.84. The minimum absolute atomic E-state index is 0.153. The van der Waals surface area contributed by atoms with Gasteiger partial charge in [0, 0.05) is 10.9 Å². The van der Waals surface area contributed by atoms with E-state index < -0.39 is 17.4 Å². The molecular weight excluding hydrogens is 304 g/mol. The summed E-state index contributed by atoms with van der Waals surface area (Å²) in [6.45, 7) is 0. The molecule has 2 aliphatic rings. The third-order valence-electron chi connectivity index (χ3n) is 4.04. The number of aromatic amines is 2. The third kappa shape index (κ3) is 2.07. The number of fused-ring (bicyclic) bond motifs is 3.